The second-order valence-electron chi connectivity index (χ2n) is 5.98. The van der Waals surface area contributed by atoms with Crippen molar-refractivity contribution in [2.24, 2.45) is 5.92 Å². The summed E-state index contributed by atoms with van der Waals surface area (Å²) in [5, 5.41) is 13.9. The number of nitrogens with zero attached hydrogens (tertiary/aromatic N) is 2. The van der Waals surface area contributed by atoms with E-state index in [1.165, 1.54) is 0 Å². The summed E-state index contributed by atoms with van der Waals surface area (Å²) in [5.41, 5.74) is 1.67. The van der Waals surface area contributed by atoms with E-state index in [1.807, 2.05) is 26.0 Å². The molecule has 0 aliphatic rings. The lowest BCUT2D eigenvalue weighted by atomic mass is 10.1. The van der Waals surface area contributed by atoms with Crippen molar-refractivity contribution >= 4 is 17.6 Å². The number of aromatic nitrogens is 2. The third kappa shape index (κ3) is 4.05. The normalized spacial score (nSPS) is 12.4. The van der Waals surface area contributed by atoms with E-state index < -0.39 is 5.97 Å². The van der Waals surface area contributed by atoms with Gasteiger partial charge in [-0.15, -0.1) is 0 Å². The van der Waals surface area contributed by atoms with E-state index in [0.717, 1.165) is 17.0 Å². The quantitative estimate of drug-likeness (QED) is 0.859. The topological polar surface area (TPSA) is 64.3 Å². The van der Waals surface area contributed by atoms with Crippen LogP contribution in [0.15, 0.2) is 24.3 Å². The van der Waals surface area contributed by atoms with Crippen molar-refractivity contribution in [2.75, 3.05) is 6.61 Å². The average molecular weight is 337 g/mol. The predicted octanol–water partition coefficient (Wildman–Crippen LogP) is 4.19. The number of ether oxygens (including phenoxy) is 1. The van der Waals surface area contributed by atoms with Gasteiger partial charge in [-0.2, -0.15) is 5.10 Å². The van der Waals surface area contributed by atoms with Crippen molar-refractivity contribution in [1.82, 2.24) is 9.78 Å². The lowest BCUT2D eigenvalue weighted by molar-refractivity contribution is 0.0689. The molecule has 124 valence electrons. The van der Waals surface area contributed by atoms with Crippen molar-refractivity contribution in [2.45, 2.75) is 33.7 Å². The Morgan fingerprint density at radius 2 is 2.04 bits per heavy atom. The van der Waals surface area contributed by atoms with Gasteiger partial charge in [0.05, 0.1) is 12.6 Å². The monoisotopic (exact) mass is 336 g/mol. The second-order valence-corrected chi connectivity index (χ2v) is 6.42. The summed E-state index contributed by atoms with van der Waals surface area (Å²) < 4.78 is 7.55. The Morgan fingerprint density at radius 3 is 2.61 bits per heavy atom. The molecule has 0 aliphatic heterocycles. The molecule has 1 aromatic heterocycles. The molecule has 0 radical (unpaired) electrons. The highest BCUT2D eigenvalue weighted by atomic mass is 35.5. The maximum absolute atomic E-state index is 11.1. The molecule has 0 saturated carbocycles. The van der Waals surface area contributed by atoms with Crippen LogP contribution in [0.3, 0.4) is 0 Å². The minimum Gasteiger partial charge on any atom is -0.493 e. The van der Waals surface area contributed by atoms with E-state index in [1.54, 1.807) is 16.8 Å². The Morgan fingerprint density at radius 1 is 1.35 bits per heavy atom. The molecule has 0 bridgehead atoms. The van der Waals surface area contributed by atoms with Gasteiger partial charge in [0.15, 0.2) is 5.69 Å². The lowest BCUT2D eigenvalue weighted by Gasteiger charge is -2.20. The summed E-state index contributed by atoms with van der Waals surface area (Å²) >= 11 is 6.13. The second kappa shape index (κ2) is 7.04. The van der Waals surface area contributed by atoms with E-state index in [0.29, 0.717) is 17.5 Å². The summed E-state index contributed by atoms with van der Waals surface area (Å²) in [6.07, 6.45) is 0. The van der Waals surface area contributed by atoms with Crippen LogP contribution in [-0.4, -0.2) is 27.5 Å². The highest BCUT2D eigenvalue weighted by molar-refractivity contribution is 6.30. The van der Waals surface area contributed by atoms with Gasteiger partial charge in [0, 0.05) is 16.3 Å². The molecule has 0 saturated heterocycles. The molecule has 2 rings (SSSR count). The molecule has 5 nitrogen and oxygen atoms in total. The van der Waals surface area contributed by atoms with E-state index in [-0.39, 0.29) is 11.7 Å². The van der Waals surface area contributed by atoms with Crippen molar-refractivity contribution < 1.29 is 14.6 Å². The number of carbonyl (C=O) groups is 1. The fourth-order valence-electron chi connectivity index (χ4n) is 2.35. The van der Waals surface area contributed by atoms with Gasteiger partial charge in [0.1, 0.15) is 5.75 Å². The van der Waals surface area contributed by atoms with E-state index in [4.69, 9.17) is 21.4 Å². The number of rotatable bonds is 6. The highest BCUT2D eigenvalue weighted by Crippen LogP contribution is 2.31. The zero-order valence-electron chi connectivity index (χ0n) is 13.7. The number of hydrogen-bond donors (Lipinski definition) is 1. The number of carboxylic acids is 1. The summed E-state index contributed by atoms with van der Waals surface area (Å²) in [6, 6.07) is 6.82. The van der Waals surface area contributed by atoms with E-state index >= 15 is 0 Å². The largest absolute Gasteiger partial charge is 0.493 e. The van der Waals surface area contributed by atoms with Crippen LogP contribution in [0.4, 0.5) is 0 Å². The molecule has 1 heterocycles. The maximum Gasteiger partial charge on any atom is 0.356 e. The van der Waals surface area contributed by atoms with Gasteiger partial charge in [-0.25, -0.2) is 4.79 Å². The van der Waals surface area contributed by atoms with Crippen LogP contribution in [0.1, 0.15) is 48.6 Å². The number of aromatic carboxylic acids is 1. The van der Waals surface area contributed by atoms with Crippen LogP contribution in [0.5, 0.6) is 5.75 Å². The molecule has 6 heteroatoms. The van der Waals surface area contributed by atoms with Gasteiger partial charge < -0.3 is 9.84 Å². The minimum atomic E-state index is -1.04. The summed E-state index contributed by atoms with van der Waals surface area (Å²) in [4.78, 5) is 11.1. The highest BCUT2D eigenvalue weighted by Gasteiger charge is 2.19. The molecular weight excluding hydrogens is 316 g/mol. The molecule has 0 fully saturated rings. The maximum atomic E-state index is 11.1. The van der Waals surface area contributed by atoms with Crippen LogP contribution in [0.25, 0.3) is 0 Å². The summed E-state index contributed by atoms with van der Waals surface area (Å²) in [5.74, 6) is 0.0997. The molecular formula is C17H21ClN2O3. The SMILES string of the molecule is Cc1cc(C(=O)O)nn1C(C)c1cc(Cl)ccc1OCC(C)C. The Hall–Kier alpha value is -2.01. The smallest absolute Gasteiger partial charge is 0.356 e. The summed E-state index contributed by atoms with van der Waals surface area (Å²) in [7, 11) is 0. The van der Waals surface area contributed by atoms with Gasteiger partial charge in [0.25, 0.3) is 0 Å². The van der Waals surface area contributed by atoms with Crippen LogP contribution >= 0.6 is 11.6 Å². The van der Waals surface area contributed by atoms with Crippen molar-refractivity contribution in [3.05, 3.63) is 46.2 Å². The fourth-order valence-corrected chi connectivity index (χ4v) is 2.53. The molecule has 1 N–H and O–H groups in total. The number of hydrogen-bond acceptors (Lipinski definition) is 3. The Bertz CT molecular complexity index is 710. The van der Waals surface area contributed by atoms with Crippen LogP contribution in [-0.2, 0) is 0 Å². The van der Waals surface area contributed by atoms with Gasteiger partial charge in [-0.3, -0.25) is 4.68 Å². The first-order valence-electron chi connectivity index (χ1n) is 7.51. The molecule has 0 spiro atoms. The predicted molar refractivity (Wildman–Crippen MR) is 89.5 cm³/mol. The fraction of sp³-hybridized carbons (Fsp3) is 0.412. The number of benzene rings is 1. The van der Waals surface area contributed by atoms with Crippen molar-refractivity contribution in [3.63, 3.8) is 0 Å². The van der Waals surface area contributed by atoms with E-state index in [9.17, 15) is 4.79 Å². The molecule has 1 aromatic carbocycles. The third-order valence-corrected chi connectivity index (χ3v) is 3.74. The van der Waals surface area contributed by atoms with Gasteiger partial charge in [-0.05, 0) is 44.0 Å². The van der Waals surface area contributed by atoms with E-state index in [2.05, 4.69) is 18.9 Å². The zero-order valence-corrected chi connectivity index (χ0v) is 14.5. The third-order valence-electron chi connectivity index (χ3n) is 3.50. The van der Waals surface area contributed by atoms with Crippen LogP contribution < -0.4 is 4.74 Å². The minimum absolute atomic E-state index is 0.0287. The van der Waals surface area contributed by atoms with Gasteiger partial charge >= 0.3 is 5.97 Å². The first-order valence-corrected chi connectivity index (χ1v) is 7.89. The molecule has 0 amide bonds. The van der Waals surface area contributed by atoms with Gasteiger partial charge in [-0.1, -0.05) is 25.4 Å². The molecule has 1 unspecified atom stereocenters. The molecule has 23 heavy (non-hydrogen) atoms. The van der Waals surface area contributed by atoms with Crippen molar-refractivity contribution in [3.8, 4) is 5.75 Å². The first-order chi connectivity index (χ1) is 10.8. The Labute approximate surface area is 140 Å². The lowest BCUT2D eigenvalue weighted by Crippen LogP contribution is -2.14. The molecule has 2 aromatic rings. The average Bonchev–Trinajstić information content (AvgIpc) is 2.87. The Kier molecular flexibility index (Phi) is 5.31. The summed E-state index contributed by atoms with van der Waals surface area (Å²) in [6.45, 7) is 8.53. The molecule has 1 atom stereocenters. The van der Waals surface area contributed by atoms with Crippen LogP contribution in [0, 0.1) is 12.8 Å². The Balaban J connectivity index is 2.39. The first kappa shape index (κ1) is 17.3. The molecule has 0 aliphatic carbocycles. The number of aryl methyl sites for hydroxylation is 1. The number of carboxylic acid groups (broad SMARTS) is 1. The van der Waals surface area contributed by atoms with Gasteiger partial charge in [0.2, 0.25) is 0 Å². The zero-order chi connectivity index (χ0) is 17.1. The van der Waals surface area contributed by atoms with Crippen molar-refractivity contribution in [1.29, 1.82) is 0 Å². The number of halogens is 1. The van der Waals surface area contributed by atoms with Crippen LogP contribution in [0.2, 0.25) is 5.02 Å². The standard InChI is InChI=1S/C17H21ClN2O3/c1-10(2)9-23-16-6-5-13(18)8-14(16)12(4)20-11(3)7-15(19-20)17(21)22/h5-8,10,12H,9H2,1-4H3,(H,21,22).